The summed E-state index contributed by atoms with van der Waals surface area (Å²) in [6.07, 6.45) is 2.21. The van der Waals surface area contributed by atoms with Crippen molar-refractivity contribution in [2.75, 3.05) is 24.6 Å². The van der Waals surface area contributed by atoms with E-state index in [-0.39, 0.29) is 22.5 Å². The van der Waals surface area contributed by atoms with Crippen LogP contribution in [-0.4, -0.2) is 45.9 Å². The molecule has 20 heavy (non-hydrogen) atoms. The third kappa shape index (κ3) is 2.11. The van der Waals surface area contributed by atoms with Crippen LogP contribution in [0.5, 0.6) is 0 Å². The summed E-state index contributed by atoms with van der Waals surface area (Å²) in [6, 6.07) is 0.417. The molecule has 0 unspecified atom stereocenters. The van der Waals surface area contributed by atoms with Crippen LogP contribution in [-0.2, 0) is 0 Å². The van der Waals surface area contributed by atoms with Gasteiger partial charge >= 0.3 is 5.91 Å². The molecule has 1 aromatic heterocycles. The normalized spacial score (nSPS) is 22.9. The summed E-state index contributed by atoms with van der Waals surface area (Å²) in [4.78, 5) is 25.9. The van der Waals surface area contributed by atoms with Gasteiger partial charge in [-0.1, -0.05) is 11.6 Å². The second-order valence-electron chi connectivity index (χ2n) is 4.74. The summed E-state index contributed by atoms with van der Waals surface area (Å²) in [7, 11) is 0. The number of aliphatic imine (C=N–C) groups is 1. The van der Waals surface area contributed by atoms with Crippen LogP contribution in [0.4, 0.5) is 11.6 Å². The highest BCUT2D eigenvalue weighted by atomic mass is 35.5. The zero-order valence-corrected chi connectivity index (χ0v) is 11.4. The first-order chi connectivity index (χ1) is 9.56. The molecule has 3 heterocycles. The van der Waals surface area contributed by atoms with Gasteiger partial charge in [0.05, 0.1) is 0 Å². The molecular formula is C11H14ClN7O. The highest BCUT2D eigenvalue weighted by Crippen LogP contribution is 2.22. The largest absolute Gasteiger partial charge is 0.382 e. The molecule has 5 N–H and O–H groups in total. The van der Waals surface area contributed by atoms with E-state index in [1.165, 1.54) is 0 Å². The van der Waals surface area contributed by atoms with Gasteiger partial charge in [-0.2, -0.15) is 4.99 Å². The van der Waals surface area contributed by atoms with Crippen molar-refractivity contribution in [2.45, 2.75) is 18.9 Å². The summed E-state index contributed by atoms with van der Waals surface area (Å²) >= 11 is 5.75. The molecule has 2 aliphatic rings. The van der Waals surface area contributed by atoms with Gasteiger partial charge in [0.25, 0.3) is 0 Å². The second-order valence-corrected chi connectivity index (χ2v) is 5.10. The van der Waals surface area contributed by atoms with Crippen LogP contribution in [0.15, 0.2) is 4.99 Å². The Labute approximate surface area is 120 Å². The van der Waals surface area contributed by atoms with Gasteiger partial charge in [-0.15, -0.1) is 0 Å². The molecule has 0 radical (unpaired) electrons. The number of carbonyl (C=O) groups excluding carboxylic acids is 1. The maximum Gasteiger partial charge on any atom is 0.302 e. The van der Waals surface area contributed by atoms with Crippen molar-refractivity contribution >= 4 is 35.1 Å². The Morgan fingerprint density at radius 3 is 3.00 bits per heavy atom. The molecule has 0 aromatic carbocycles. The number of rotatable bonds is 1. The Hall–Kier alpha value is -2.09. The van der Waals surface area contributed by atoms with Crippen molar-refractivity contribution in [3.05, 3.63) is 10.8 Å². The number of nitrogens with zero attached hydrogens (tertiary/aromatic N) is 4. The average Bonchev–Trinajstić information content (AvgIpc) is 2.98. The van der Waals surface area contributed by atoms with Crippen LogP contribution in [0.1, 0.15) is 23.3 Å². The number of anilines is 2. The third-order valence-corrected chi connectivity index (χ3v) is 3.74. The number of hydrogen-bond donors (Lipinski definition) is 3. The van der Waals surface area contributed by atoms with Gasteiger partial charge in [-0.05, 0) is 12.8 Å². The van der Waals surface area contributed by atoms with Crippen molar-refractivity contribution < 1.29 is 4.79 Å². The molecule has 0 aliphatic carbocycles. The third-order valence-electron chi connectivity index (χ3n) is 3.46. The lowest BCUT2D eigenvalue weighted by Crippen LogP contribution is -2.31. The van der Waals surface area contributed by atoms with E-state index < -0.39 is 5.91 Å². The minimum Gasteiger partial charge on any atom is -0.382 e. The van der Waals surface area contributed by atoms with E-state index in [9.17, 15) is 4.79 Å². The van der Waals surface area contributed by atoms with Crippen LogP contribution in [0.3, 0.4) is 0 Å². The molecule has 1 aromatic rings. The fourth-order valence-electron chi connectivity index (χ4n) is 2.49. The lowest BCUT2D eigenvalue weighted by Gasteiger charge is -2.15. The van der Waals surface area contributed by atoms with Crippen LogP contribution in [0.2, 0.25) is 5.15 Å². The lowest BCUT2D eigenvalue weighted by molar-refractivity contribution is 0.0997. The molecule has 0 saturated carbocycles. The molecule has 1 amide bonds. The van der Waals surface area contributed by atoms with E-state index in [4.69, 9.17) is 23.1 Å². The number of aromatic nitrogens is 2. The van der Waals surface area contributed by atoms with Crippen molar-refractivity contribution in [1.29, 1.82) is 0 Å². The molecule has 2 fully saturated rings. The Balaban J connectivity index is 1.88. The predicted molar refractivity (Wildman–Crippen MR) is 75.4 cm³/mol. The van der Waals surface area contributed by atoms with E-state index in [1.807, 2.05) is 0 Å². The van der Waals surface area contributed by atoms with E-state index in [2.05, 4.69) is 25.2 Å². The number of carbonyl (C=O) groups is 1. The van der Waals surface area contributed by atoms with Gasteiger partial charge < -0.3 is 21.7 Å². The first kappa shape index (κ1) is 12.9. The average molecular weight is 296 g/mol. The summed E-state index contributed by atoms with van der Waals surface area (Å²) in [5.74, 6) is -0.0946. The van der Waals surface area contributed by atoms with Gasteiger partial charge in [-0.3, -0.25) is 4.79 Å². The maximum absolute atomic E-state index is 12.1. The predicted octanol–water partition coefficient (Wildman–Crippen LogP) is -0.142. The molecule has 2 aliphatic heterocycles. The van der Waals surface area contributed by atoms with Crippen LogP contribution < -0.4 is 16.8 Å². The lowest BCUT2D eigenvalue weighted by atomic mass is 10.2. The van der Waals surface area contributed by atoms with E-state index in [0.717, 1.165) is 25.9 Å². The number of nitrogens with two attached hydrogens (primary N) is 2. The maximum atomic E-state index is 12.1. The summed E-state index contributed by atoms with van der Waals surface area (Å²) < 4.78 is 0. The van der Waals surface area contributed by atoms with Crippen LogP contribution in [0, 0.1) is 0 Å². The molecule has 9 heteroatoms. The fraction of sp³-hybridized carbons (Fsp3) is 0.455. The van der Waals surface area contributed by atoms with Gasteiger partial charge in [0.2, 0.25) is 5.96 Å². The molecule has 1 atom stereocenters. The quantitative estimate of drug-likeness (QED) is 0.659. The molecule has 106 valence electrons. The van der Waals surface area contributed by atoms with Crippen molar-refractivity contribution in [3.63, 3.8) is 0 Å². The van der Waals surface area contributed by atoms with Crippen molar-refractivity contribution in [1.82, 2.24) is 20.2 Å². The van der Waals surface area contributed by atoms with E-state index in [1.54, 1.807) is 0 Å². The SMILES string of the molecule is Nc1nc(N)c(C(=O)/N=C2/NC[C@@H]3CCCN23)nc1Cl. The summed E-state index contributed by atoms with van der Waals surface area (Å²) in [5.41, 5.74) is 11.0. The van der Waals surface area contributed by atoms with E-state index in [0.29, 0.717) is 12.0 Å². The smallest absolute Gasteiger partial charge is 0.302 e. The van der Waals surface area contributed by atoms with Crippen molar-refractivity contribution in [3.8, 4) is 0 Å². The Morgan fingerprint density at radius 2 is 2.20 bits per heavy atom. The monoisotopic (exact) mass is 295 g/mol. The zero-order chi connectivity index (χ0) is 14.3. The Kier molecular flexibility index (Phi) is 3.09. The minimum absolute atomic E-state index is 0.00744. The van der Waals surface area contributed by atoms with Gasteiger partial charge in [-0.25, -0.2) is 9.97 Å². The number of amides is 1. The van der Waals surface area contributed by atoms with Gasteiger partial charge in [0, 0.05) is 19.1 Å². The molecular weight excluding hydrogens is 282 g/mol. The van der Waals surface area contributed by atoms with E-state index >= 15 is 0 Å². The number of fused-ring (bicyclic) bond motifs is 1. The summed E-state index contributed by atoms with van der Waals surface area (Å²) in [5, 5.41) is 3.06. The molecule has 0 bridgehead atoms. The standard InChI is InChI=1S/C11H14ClN7O/c12-7-9(14)17-8(13)6(16-7)10(20)18-11-15-4-5-2-1-3-19(5)11/h5H,1-4H2,(H4,13,14,17)(H,15,18,20)/t5-/m0/s1. The fourth-order valence-corrected chi connectivity index (χ4v) is 2.62. The molecule has 0 spiro atoms. The van der Waals surface area contributed by atoms with Crippen molar-refractivity contribution in [2.24, 2.45) is 4.99 Å². The van der Waals surface area contributed by atoms with Crippen LogP contribution >= 0.6 is 11.6 Å². The molecule has 2 saturated heterocycles. The molecule has 3 rings (SSSR count). The minimum atomic E-state index is -0.577. The highest BCUT2D eigenvalue weighted by molar-refractivity contribution is 6.31. The number of nitrogens with one attached hydrogen (secondary N) is 1. The number of guanidine groups is 1. The van der Waals surface area contributed by atoms with Crippen LogP contribution in [0.25, 0.3) is 0 Å². The summed E-state index contributed by atoms with van der Waals surface area (Å²) in [6.45, 7) is 1.70. The number of halogens is 1. The molecule has 8 nitrogen and oxygen atoms in total. The highest BCUT2D eigenvalue weighted by Gasteiger charge is 2.33. The zero-order valence-electron chi connectivity index (χ0n) is 10.6. The van der Waals surface area contributed by atoms with Gasteiger partial charge in [0.1, 0.15) is 0 Å². The topological polar surface area (TPSA) is 123 Å². The van der Waals surface area contributed by atoms with Gasteiger partial charge in [0.15, 0.2) is 22.5 Å². The number of hydrogen-bond acceptors (Lipinski definition) is 5. The Bertz CT molecular complexity index is 603. The Morgan fingerprint density at radius 1 is 1.40 bits per heavy atom. The first-order valence-corrected chi connectivity index (χ1v) is 6.66. The first-order valence-electron chi connectivity index (χ1n) is 6.28. The second kappa shape index (κ2) is 4.78. The number of nitrogen functional groups attached to an aromatic ring is 2.